The standard InChI is InChI=1S/C74H131NO3/c1-3-5-7-9-11-13-15-17-19-21-23-25-27-29-31-32-33-34-35-36-37-38-39-40-41-42-44-46-48-50-52-54-56-58-60-62-64-66-68-70-74(78)75-72(71-76)73(77)69-67-65-63-61-59-57-55-53-51-49-47-45-43-30-28-26-24-22-20-18-16-14-12-10-8-6-4-2/h5,7,11,13,17,19,23,25,29,31,33-34,36-37,59,61,67,69,72-73,76-77H,3-4,6,8-10,12,14-16,18,20-22,24,26-28,30,32,35,38-58,60,62-66,68,70-71H2,1-2H3,(H,75,78)/b7-5-,13-11-,19-17-,25-23-,31-29-,34-33-,37-36-,61-59+,69-67+. The van der Waals surface area contributed by atoms with E-state index in [4.69, 9.17) is 0 Å². The third kappa shape index (κ3) is 63.9. The molecule has 3 N–H and O–H groups in total. The number of rotatable bonds is 62. The second kappa shape index (κ2) is 68.3. The van der Waals surface area contributed by atoms with Crippen LogP contribution in [-0.4, -0.2) is 34.9 Å². The molecule has 0 rings (SSSR count). The van der Waals surface area contributed by atoms with Gasteiger partial charge >= 0.3 is 0 Å². The Bertz CT molecular complexity index is 1460. The molecule has 0 aromatic carbocycles. The lowest BCUT2D eigenvalue weighted by Gasteiger charge is -2.19. The molecule has 0 aliphatic carbocycles. The van der Waals surface area contributed by atoms with E-state index in [1.165, 1.54) is 238 Å². The maximum atomic E-state index is 12.5. The van der Waals surface area contributed by atoms with Crippen molar-refractivity contribution in [3.05, 3.63) is 109 Å². The van der Waals surface area contributed by atoms with Gasteiger partial charge in [-0.1, -0.05) is 348 Å². The molecule has 0 heterocycles. The molecule has 0 fully saturated rings. The number of amides is 1. The van der Waals surface area contributed by atoms with Gasteiger partial charge in [0.25, 0.3) is 0 Å². The minimum absolute atomic E-state index is 0.0722. The second-order valence-electron chi connectivity index (χ2n) is 22.9. The number of allylic oxidation sites excluding steroid dienone is 17. The summed E-state index contributed by atoms with van der Waals surface area (Å²) in [6.07, 6.45) is 103. The highest BCUT2D eigenvalue weighted by Crippen LogP contribution is 2.18. The van der Waals surface area contributed by atoms with Crippen LogP contribution in [0.2, 0.25) is 0 Å². The zero-order valence-corrected chi connectivity index (χ0v) is 51.9. The summed E-state index contributed by atoms with van der Waals surface area (Å²) in [7, 11) is 0. The number of carbonyl (C=O) groups excluding carboxylic acids is 1. The fraction of sp³-hybridized carbons (Fsp3) is 0.743. The molecule has 4 nitrogen and oxygen atoms in total. The molecule has 4 heteroatoms. The molecule has 2 unspecified atom stereocenters. The molecular weight excluding hydrogens is 951 g/mol. The van der Waals surface area contributed by atoms with Gasteiger partial charge in [-0.2, -0.15) is 0 Å². The first-order valence-corrected chi connectivity index (χ1v) is 34.1. The van der Waals surface area contributed by atoms with E-state index in [9.17, 15) is 15.0 Å². The Hall–Kier alpha value is -2.95. The SMILES string of the molecule is CC/C=C\C/C=C\C/C=C\C/C=C\C/C=C\C/C=C\C/C=C\CCCCCCCCCCCCCCCCCCCC(=O)NC(CO)C(O)/C=C/CC/C=C/CCCCCCCCCCCCCCCCCCCCCCC. The Morgan fingerprint density at radius 1 is 0.321 bits per heavy atom. The highest BCUT2D eigenvalue weighted by molar-refractivity contribution is 5.76. The van der Waals surface area contributed by atoms with Gasteiger partial charge in [-0.15, -0.1) is 0 Å². The molecule has 78 heavy (non-hydrogen) atoms. The predicted molar refractivity (Wildman–Crippen MR) is 349 cm³/mol. The lowest BCUT2D eigenvalue weighted by Crippen LogP contribution is -2.45. The maximum absolute atomic E-state index is 12.5. The molecule has 0 spiro atoms. The molecule has 0 aliphatic heterocycles. The van der Waals surface area contributed by atoms with Gasteiger partial charge in [0, 0.05) is 6.42 Å². The summed E-state index contributed by atoms with van der Waals surface area (Å²) in [5.41, 5.74) is 0. The van der Waals surface area contributed by atoms with Crippen LogP contribution >= 0.6 is 0 Å². The zero-order chi connectivity index (χ0) is 56.2. The van der Waals surface area contributed by atoms with Gasteiger partial charge in [-0.05, 0) is 89.9 Å². The molecule has 0 aromatic rings. The Labute approximate surface area is 486 Å². The summed E-state index contributed by atoms with van der Waals surface area (Å²) in [5.74, 6) is -0.0722. The number of aliphatic hydroxyl groups is 2. The fourth-order valence-electron chi connectivity index (χ4n) is 10.1. The summed E-state index contributed by atoms with van der Waals surface area (Å²) >= 11 is 0. The van der Waals surface area contributed by atoms with Crippen LogP contribution in [-0.2, 0) is 4.79 Å². The van der Waals surface area contributed by atoms with Crippen molar-refractivity contribution in [1.29, 1.82) is 0 Å². The van der Waals surface area contributed by atoms with Gasteiger partial charge in [0.1, 0.15) is 0 Å². The average Bonchev–Trinajstić information content (AvgIpc) is 3.44. The Balaban J connectivity index is 3.51. The first kappa shape index (κ1) is 75.0. The van der Waals surface area contributed by atoms with E-state index in [2.05, 4.69) is 116 Å². The molecule has 450 valence electrons. The van der Waals surface area contributed by atoms with E-state index in [0.717, 1.165) is 77.0 Å². The smallest absolute Gasteiger partial charge is 0.220 e. The zero-order valence-electron chi connectivity index (χ0n) is 51.9. The summed E-state index contributed by atoms with van der Waals surface area (Å²) in [4.78, 5) is 12.5. The van der Waals surface area contributed by atoms with Gasteiger partial charge in [0.05, 0.1) is 18.8 Å². The quantitative estimate of drug-likeness (QED) is 0.0420. The minimum atomic E-state index is -0.868. The first-order valence-electron chi connectivity index (χ1n) is 34.1. The van der Waals surface area contributed by atoms with Crippen LogP contribution < -0.4 is 5.32 Å². The monoisotopic (exact) mass is 1080 g/mol. The lowest BCUT2D eigenvalue weighted by atomic mass is 10.0. The molecular formula is C74H131NO3. The first-order chi connectivity index (χ1) is 38.7. The fourth-order valence-corrected chi connectivity index (χ4v) is 10.1. The molecule has 2 atom stereocenters. The van der Waals surface area contributed by atoms with Crippen molar-refractivity contribution in [2.24, 2.45) is 0 Å². The third-order valence-corrected chi connectivity index (χ3v) is 15.2. The van der Waals surface area contributed by atoms with Gasteiger partial charge in [-0.25, -0.2) is 0 Å². The summed E-state index contributed by atoms with van der Waals surface area (Å²) in [6.45, 7) is 4.21. The summed E-state index contributed by atoms with van der Waals surface area (Å²) in [5, 5.41) is 23.3. The van der Waals surface area contributed by atoms with Crippen molar-refractivity contribution in [3.63, 3.8) is 0 Å². The van der Waals surface area contributed by atoms with Crippen molar-refractivity contribution in [1.82, 2.24) is 5.32 Å². The van der Waals surface area contributed by atoms with Crippen molar-refractivity contribution in [3.8, 4) is 0 Å². The van der Waals surface area contributed by atoms with Gasteiger partial charge in [0.2, 0.25) is 5.91 Å². The number of unbranched alkanes of at least 4 members (excludes halogenated alkanes) is 39. The van der Waals surface area contributed by atoms with Crippen LogP contribution in [0.4, 0.5) is 0 Å². The summed E-state index contributed by atoms with van der Waals surface area (Å²) in [6, 6.07) is -0.645. The van der Waals surface area contributed by atoms with Crippen molar-refractivity contribution < 1.29 is 15.0 Å². The van der Waals surface area contributed by atoms with E-state index in [1.54, 1.807) is 6.08 Å². The van der Waals surface area contributed by atoms with Gasteiger partial charge in [0.15, 0.2) is 0 Å². The van der Waals surface area contributed by atoms with E-state index in [1.807, 2.05) is 6.08 Å². The number of carbonyl (C=O) groups is 1. The number of nitrogens with one attached hydrogen (secondary N) is 1. The number of aliphatic hydroxyl groups excluding tert-OH is 2. The highest BCUT2D eigenvalue weighted by atomic mass is 16.3. The van der Waals surface area contributed by atoms with Crippen LogP contribution in [0, 0.1) is 0 Å². The van der Waals surface area contributed by atoms with Crippen molar-refractivity contribution >= 4 is 5.91 Å². The second-order valence-corrected chi connectivity index (χ2v) is 22.9. The molecule has 0 bridgehead atoms. The number of hydrogen-bond donors (Lipinski definition) is 3. The Morgan fingerprint density at radius 2 is 0.577 bits per heavy atom. The van der Waals surface area contributed by atoms with E-state index in [-0.39, 0.29) is 12.5 Å². The molecule has 0 saturated heterocycles. The van der Waals surface area contributed by atoms with Crippen LogP contribution in [0.5, 0.6) is 0 Å². The van der Waals surface area contributed by atoms with E-state index < -0.39 is 12.1 Å². The number of hydrogen-bond acceptors (Lipinski definition) is 3. The van der Waals surface area contributed by atoms with Crippen LogP contribution in [0.1, 0.15) is 335 Å². The van der Waals surface area contributed by atoms with Gasteiger partial charge in [-0.3, -0.25) is 4.79 Å². The topological polar surface area (TPSA) is 69.6 Å². The van der Waals surface area contributed by atoms with E-state index >= 15 is 0 Å². The van der Waals surface area contributed by atoms with Crippen molar-refractivity contribution in [2.45, 2.75) is 347 Å². The van der Waals surface area contributed by atoms with Crippen LogP contribution in [0.3, 0.4) is 0 Å². The Kier molecular flexibility index (Phi) is 65.7. The molecule has 0 aromatic heterocycles. The van der Waals surface area contributed by atoms with Crippen LogP contribution in [0.25, 0.3) is 0 Å². The third-order valence-electron chi connectivity index (χ3n) is 15.2. The molecule has 1 amide bonds. The van der Waals surface area contributed by atoms with Crippen LogP contribution in [0.15, 0.2) is 109 Å². The Morgan fingerprint density at radius 3 is 0.897 bits per heavy atom. The lowest BCUT2D eigenvalue weighted by molar-refractivity contribution is -0.123. The normalized spacial score (nSPS) is 13.4. The minimum Gasteiger partial charge on any atom is -0.394 e. The maximum Gasteiger partial charge on any atom is 0.220 e. The molecule has 0 radical (unpaired) electrons. The van der Waals surface area contributed by atoms with Gasteiger partial charge < -0.3 is 15.5 Å². The highest BCUT2D eigenvalue weighted by Gasteiger charge is 2.18. The largest absolute Gasteiger partial charge is 0.394 e. The summed E-state index contributed by atoms with van der Waals surface area (Å²) < 4.78 is 0. The van der Waals surface area contributed by atoms with E-state index in [0.29, 0.717) is 6.42 Å². The van der Waals surface area contributed by atoms with Crippen molar-refractivity contribution in [2.75, 3.05) is 6.61 Å². The average molecular weight is 1080 g/mol. The predicted octanol–water partition coefficient (Wildman–Crippen LogP) is 23.4. The molecule has 0 aliphatic rings. The molecule has 0 saturated carbocycles.